The number of anilines is 2. The van der Waals surface area contributed by atoms with E-state index in [1.165, 1.54) is 10.9 Å². The molecule has 0 fully saturated rings. The molecule has 0 aliphatic rings. The Bertz CT molecular complexity index is 1570. The highest BCUT2D eigenvalue weighted by molar-refractivity contribution is 6.76. The molecule has 0 spiro atoms. The topological polar surface area (TPSA) is 133 Å². The molecule has 41 heavy (non-hydrogen) atoms. The van der Waals surface area contributed by atoms with E-state index >= 15 is 0 Å². The lowest BCUT2D eigenvalue weighted by Crippen LogP contribution is -2.22. The number of rotatable bonds is 12. The van der Waals surface area contributed by atoms with E-state index in [1.807, 2.05) is 24.3 Å². The first kappa shape index (κ1) is 29.5. The van der Waals surface area contributed by atoms with Crippen molar-refractivity contribution in [3.63, 3.8) is 0 Å². The van der Waals surface area contributed by atoms with E-state index in [2.05, 4.69) is 40.4 Å². The van der Waals surface area contributed by atoms with Gasteiger partial charge < -0.3 is 20.1 Å². The Labute approximate surface area is 235 Å². The van der Waals surface area contributed by atoms with Crippen LogP contribution >= 0.6 is 0 Å². The summed E-state index contributed by atoms with van der Waals surface area (Å²) < 4.78 is 41.8. The Morgan fingerprint density at radius 2 is 1.85 bits per heavy atom. The van der Waals surface area contributed by atoms with Crippen LogP contribution in [0, 0.1) is 21.7 Å². The average Bonchev–Trinajstić information content (AvgIpc) is 3.35. The van der Waals surface area contributed by atoms with Crippen molar-refractivity contribution in [3.05, 3.63) is 81.7 Å². The zero-order chi connectivity index (χ0) is 29.7. The van der Waals surface area contributed by atoms with Crippen LogP contribution in [0.5, 0.6) is 5.75 Å². The number of methoxy groups -OCH3 is 1. The molecule has 4 rings (SSSR count). The number of aromatic nitrogens is 3. The molecule has 2 aromatic carbocycles. The third-order valence-corrected chi connectivity index (χ3v) is 7.95. The zero-order valence-electron chi connectivity index (χ0n) is 23.0. The van der Waals surface area contributed by atoms with E-state index in [0.29, 0.717) is 42.0 Å². The summed E-state index contributed by atoms with van der Waals surface area (Å²) in [7, 11) is 0.242. The van der Waals surface area contributed by atoms with Gasteiger partial charge in [0.2, 0.25) is 5.82 Å². The number of hydrogen-bond donors (Lipinski definition) is 2. The number of carbonyl (C=O) groups is 1. The largest absolute Gasteiger partial charge is 0.497 e. The number of amides is 1. The Balaban J connectivity index is 1.66. The Morgan fingerprint density at radius 3 is 2.51 bits per heavy atom. The molecule has 4 aromatic rings. The highest BCUT2D eigenvalue weighted by Crippen LogP contribution is 2.30. The number of nitro benzene ring substituents is 1. The van der Waals surface area contributed by atoms with Crippen molar-refractivity contribution in [1.82, 2.24) is 14.8 Å². The van der Waals surface area contributed by atoms with Gasteiger partial charge in [0, 0.05) is 27.3 Å². The maximum Gasteiger partial charge on any atom is 0.305 e. The number of fused-ring (bicyclic) bond motifs is 1. The summed E-state index contributed by atoms with van der Waals surface area (Å²) in [5.41, 5.74) is -0.650. The van der Waals surface area contributed by atoms with Gasteiger partial charge >= 0.3 is 5.69 Å². The highest BCUT2D eigenvalue weighted by Gasteiger charge is 2.27. The van der Waals surface area contributed by atoms with Crippen LogP contribution in [0.25, 0.3) is 10.9 Å². The molecule has 0 saturated heterocycles. The molecule has 0 saturated carbocycles. The number of hydrogen-bond acceptors (Lipinski definition) is 8. The second kappa shape index (κ2) is 12.4. The smallest absolute Gasteiger partial charge is 0.305 e. The molecule has 2 N–H and O–H groups in total. The molecule has 14 heteroatoms. The standard InChI is InChI=1S/C27H30F2N6O5Si/c1-39-18-7-5-17(6-8-18)13-30-26-19-14-32-34(16-40-11-12-41(2,3)4)25(19)21(15-31-26)33-27(36)23-20(28)9-10-22(24(23)29)35(37)38/h5-10,14-15H,11-13,16H2,1-4H3,(H,30,31)(H,33,36). The van der Waals surface area contributed by atoms with Crippen LogP contribution in [-0.2, 0) is 18.0 Å². The first-order valence-electron chi connectivity index (χ1n) is 12.7. The summed E-state index contributed by atoms with van der Waals surface area (Å²) in [5, 5.41) is 21.7. The third kappa shape index (κ3) is 7.02. The van der Waals surface area contributed by atoms with Gasteiger partial charge in [-0.25, -0.2) is 14.1 Å². The van der Waals surface area contributed by atoms with Crippen LogP contribution in [0.3, 0.4) is 0 Å². The second-order valence-electron chi connectivity index (χ2n) is 10.4. The van der Waals surface area contributed by atoms with Gasteiger partial charge in [0.25, 0.3) is 5.91 Å². The fraction of sp³-hybridized carbons (Fsp3) is 0.296. The molecule has 0 aliphatic carbocycles. The van der Waals surface area contributed by atoms with Crippen molar-refractivity contribution in [3.8, 4) is 5.75 Å². The van der Waals surface area contributed by atoms with Crippen LogP contribution < -0.4 is 15.4 Å². The number of halogens is 2. The van der Waals surface area contributed by atoms with E-state index in [-0.39, 0.29) is 12.4 Å². The first-order valence-corrected chi connectivity index (χ1v) is 16.4. The first-order chi connectivity index (χ1) is 19.5. The van der Waals surface area contributed by atoms with Gasteiger partial charge in [-0.05, 0) is 29.8 Å². The zero-order valence-corrected chi connectivity index (χ0v) is 24.0. The van der Waals surface area contributed by atoms with E-state index in [0.717, 1.165) is 17.4 Å². The molecule has 0 aliphatic heterocycles. The lowest BCUT2D eigenvalue weighted by Gasteiger charge is -2.16. The number of benzene rings is 2. The minimum Gasteiger partial charge on any atom is -0.497 e. The number of nitrogens with one attached hydrogen (secondary N) is 2. The molecule has 0 radical (unpaired) electrons. The van der Waals surface area contributed by atoms with Crippen LogP contribution in [0.4, 0.5) is 26.0 Å². The molecule has 0 unspecified atom stereocenters. The summed E-state index contributed by atoms with van der Waals surface area (Å²) in [6, 6.07) is 9.73. The molecule has 216 valence electrons. The van der Waals surface area contributed by atoms with E-state index in [9.17, 15) is 23.7 Å². The quantitative estimate of drug-likeness (QED) is 0.0923. The van der Waals surface area contributed by atoms with Crippen LogP contribution in [0.15, 0.2) is 48.8 Å². The average molecular weight is 585 g/mol. The van der Waals surface area contributed by atoms with Crippen LogP contribution in [0.1, 0.15) is 15.9 Å². The minimum absolute atomic E-state index is 0.0539. The van der Waals surface area contributed by atoms with Crippen molar-refractivity contribution in [2.24, 2.45) is 0 Å². The van der Waals surface area contributed by atoms with E-state index < -0.39 is 41.8 Å². The Hall–Kier alpha value is -4.43. The third-order valence-electron chi connectivity index (χ3n) is 6.24. The van der Waals surface area contributed by atoms with E-state index in [4.69, 9.17) is 9.47 Å². The molecule has 2 heterocycles. The lowest BCUT2D eigenvalue weighted by molar-refractivity contribution is -0.387. The maximum atomic E-state index is 14.7. The predicted molar refractivity (Wildman–Crippen MR) is 153 cm³/mol. The summed E-state index contributed by atoms with van der Waals surface area (Å²) in [6.45, 7) is 7.67. The second-order valence-corrected chi connectivity index (χ2v) is 16.1. The molecular formula is C27H30F2N6O5Si. The van der Waals surface area contributed by atoms with Crippen molar-refractivity contribution < 1.29 is 28.0 Å². The molecule has 0 bridgehead atoms. The van der Waals surface area contributed by atoms with Gasteiger partial charge in [0.15, 0.2) is 0 Å². The summed E-state index contributed by atoms with van der Waals surface area (Å²) in [6.07, 6.45) is 2.87. The summed E-state index contributed by atoms with van der Waals surface area (Å²) in [4.78, 5) is 27.5. The number of carbonyl (C=O) groups excluding carboxylic acids is 1. The fourth-order valence-electron chi connectivity index (χ4n) is 3.97. The van der Waals surface area contributed by atoms with Crippen molar-refractivity contribution in [2.75, 3.05) is 24.4 Å². The van der Waals surface area contributed by atoms with Gasteiger partial charge in [-0.1, -0.05) is 31.8 Å². The summed E-state index contributed by atoms with van der Waals surface area (Å²) >= 11 is 0. The Morgan fingerprint density at radius 1 is 1.12 bits per heavy atom. The van der Waals surface area contributed by atoms with Crippen molar-refractivity contribution in [1.29, 1.82) is 0 Å². The number of nitro groups is 1. The molecule has 0 atom stereocenters. The normalized spacial score (nSPS) is 11.5. The van der Waals surface area contributed by atoms with Crippen LogP contribution in [-0.4, -0.2) is 47.4 Å². The Kier molecular flexibility index (Phi) is 8.93. The fourth-order valence-corrected chi connectivity index (χ4v) is 4.72. The number of ether oxygens (including phenoxy) is 2. The van der Waals surface area contributed by atoms with E-state index in [1.54, 1.807) is 13.3 Å². The number of nitrogens with zero attached hydrogens (tertiary/aromatic N) is 4. The van der Waals surface area contributed by atoms with Gasteiger partial charge in [-0.15, -0.1) is 0 Å². The highest BCUT2D eigenvalue weighted by atomic mass is 28.3. The number of pyridine rings is 1. The van der Waals surface area contributed by atoms with Gasteiger partial charge in [-0.2, -0.15) is 9.49 Å². The molecule has 2 aromatic heterocycles. The maximum absolute atomic E-state index is 14.7. The van der Waals surface area contributed by atoms with Gasteiger partial charge in [0.1, 0.15) is 29.7 Å². The van der Waals surface area contributed by atoms with Crippen molar-refractivity contribution in [2.45, 2.75) is 39.0 Å². The minimum atomic E-state index is -1.57. The van der Waals surface area contributed by atoms with Gasteiger partial charge in [-0.3, -0.25) is 14.9 Å². The lowest BCUT2D eigenvalue weighted by atomic mass is 10.1. The van der Waals surface area contributed by atoms with Crippen LogP contribution in [0.2, 0.25) is 25.7 Å². The molecular weight excluding hydrogens is 554 g/mol. The predicted octanol–water partition coefficient (Wildman–Crippen LogP) is 5.80. The molecule has 11 nitrogen and oxygen atoms in total. The summed E-state index contributed by atoms with van der Waals surface area (Å²) in [5.74, 6) is -2.84. The monoisotopic (exact) mass is 584 g/mol. The molecule has 1 amide bonds. The van der Waals surface area contributed by atoms with Crippen molar-refractivity contribution >= 4 is 42.1 Å². The SMILES string of the molecule is COc1ccc(CNc2ncc(NC(=O)c3c(F)ccc([N+](=O)[O-])c3F)c3c2cnn3COCC[Si](C)(C)C)cc1. The van der Waals surface area contributed by atoms with Gasteiger partial charge in [0.05, 0.1) is 41.0 Å².